The van der Waals surface area contributed by atoms with E-state index in [0.717, 1.165) is 66.0 Å². The van der Waals surface area contributed by atoms with Gasteiger partial charge in [0.05, 0.1) is 11.0 Å². The molecule has 0 unspecified atom stereocenters. The lowest BCUT2D eigenvalue weighted by Crippen LogP contribution is -2.14. The minimum absolute atomic E-state index is 0.0871. The van der Waals surface area contributed by atoms with Gasteiger partial charge in [-0.05, 0) is 74.0 Å². The Hall–Kier alpha value is -8.15. The first-order chi connectivity index (χ1) is 32.0. The predicted octanol–water partition coefficient (Wildman–Crippen LogP) is 16.0. The number of fused-ring (bicyclic) bond motifs is 10. The first-order valence-electron chi connectivity index (χ1n) is 22.5. The summed E-state index contributed by atoms with van der Waals surface area (Å²) in [5, 5.41) is 6.79. The molecule has 1 aliphatic rings. The third kappa shape index (κ3) is 5.89. The van der Waals surface area contributed by atoms with E-state index in [-0.39, 0.29) is 5.41 Å². The van der Waals surface area contributed by atoms with Crippen LogP contribution in [0.15, 0.2) is 199 Å². The van der Waals surface area contributed by atoms with Crippen LogP contribution in [-0.4, -0.2) is 19.5 Å². The summed E-state index contributed by atoms with van der Waals surface area (Å²) in [5.41, 5.74) is 15.5. The Morgan fingerprint density at radius 3 is 1.75 bits per heavy atom. The van der Waals surface area contributed by atoms with Crippen molar-refractivity contribution in [1.82, 2.24) is 19.5 Å². The zero-order valence-electron chi connectivity index (χ0n) is 36.7. The molecule has 0 saturated carbocycles. The molecular formula is C60H44N4O. The van der Waals surface area contributed by atoms with Crippen molar-refractivity contribution in [2.45, 2.75) is 33.1 Å². The maximum Gasteiger partial charge on any atom is 0.238 e. The molecule has 1 aliphatic carbocycles. The van der Waals surface area contributed by atoms with E-state index >= 15 is 0 Å². The Morgan fingerprint density at radius 1 is 0.400 bits per heavy atom. The van der Waals surface area contributed by atoms with Crippen LogP contribution in [0.5, 0.6) is 0 Å². The second kappa shape index (κ2) is 15.0. The number of aromatic nitrogens is 4. The van der Waals surface area contributed by atoms with Crippen molar-refractivity contribution >= 4 is 54.5 Å². The van der Waals surface area contributed by atoms with E-state index in [1.807, 2.05) is 50.2 Å². The van der Waals surface area contributed by atoms with Crippen LogP contribution in [0.4, 0.5) is 0 Å². The largest absolute Gasteiger partial charge is 0.456 e. The molecule has 65 heavy (non-hydrogen) atoms. The summed E-state index contributed by atoms with van der Waals surface area (Å²) in [7, 11) is 0. The fraction of sp³-hybridized carbons (Fsp3) is 0.0833. The highest BCUT2D eigenvalue weighted by molar-refractivity contribution is 6.17. The number of rotatable bonds is 5. The minimum atomic E-state index is -0.0871. The van der Waals surface area contributed by atoms with Crippen LogP contribution in [-0.2, 0) is 5.41 Å². The molecule has 3 heterocycles. The van der Waals surface area contributed by atoms with Crippen molar-refractivity contribution in [2.24, 2.45) is 0 Å². The molecule has 0 radical (unpaired) electrons. The SMILES string of the molecule is CC.CC1(C)c2ccccc2-c2c(-c3cccc4c(-c5cccc6c7ccccc7n(-c7nc(-c8ccccc8)nc(-c8ccc9c(c8)oc8ccccc89)n7)c56)cccc34)cccc21. The van der Waals surface area contributed by atoms with Gasteiger partial charge in [0.1, 0.15) is 11.2 Å². The minimum Gasteiger partial charge on any atom is -0.456 e. The van der Waals surface area contributed by atoms with Gasteiger partial charge in [-0.2, -0.15) is 9.97 Å². The molecule has 12 aromatic rings. The lowest BCUT2D eigenvalue weighted by Gasteiger charge is -2.21. The molecule has 5 heteroatoms. The fourth-order valence-electron chi connectivity index (χ4n) is 10.4. The summed E-state index contributed by atoms with van der Waals surface area (Å²) in [6.45, 7) is 8.69. The summed E-state index contributed by atoms with van der Waals surface area (Å²) in [4.78, 5) is 15.8. The van der Waals surface area contributed by atoms with Crippen LogP contribution in [0, 0.1) is 0 Å². The average molecular weight is 837 g/mol. The molecule has 0 N–H and O–H groups in total. The number of benzene rings is 9. The van der Waals surface area contributed by atoms with E-state index in [1.54, 1.807) is 0 Å². The van der Waals surface area contributed by atoms with Crippen molar-refractivity contribution in [3.63, 3.8) is 0 Å². The van der Waals surface area contributed by atoms with Gasteiger partial charge in [0.25, 0.3) is 0 Å². The molecule has 3 aromatic heterocycles. The molecule has 0 amide bonds. The number of hydrogen-bond donors (Lipinski definition) is 0. The molecule has 5 nitrogen and oxygen atoms in total. The maximum absolute atomic E-state index is 6.35. The van der Waals surface area contributed by atoms with E-state index in [9.17, 15) is 0 Å². The van der Waals surface area contributed by atoms with Crippen LogP contribution >= 0.6 is 0 Å². The monoisotopic (exact) mass is 836 g/mol. The Morgan fingerprint density at radius 2 is 0.954 bits per heavy atom. The number of para-hydroxylation sites is 3. The van der Waals surface area contributed by atoms with Crippen molar-refractivity contribution in [1.29, 1.82) is 0 Å². The smallest absolute Gasteiger partial charge is 0.238 e. The number of nitrogens with zero attached hydrogens (tertiary/aromatic N) is 4. The zero-order chi connectivity index (χ0) is 43.8. The fourth-order valence-corrected chi connectivity index (χ4v) is 10.4. The highest BCUT2D eigenvalue weighted by Crippen LogP contribution is 2.53. The average Bonchev–Trinajstić information content (AvgIpc) is 3.99. The molecule has 0 spiro atoms. The Balaban J connectivity index is 0.00000219. The van der Waals surface area contributed by atoms with E-state index in [2.05, 4.69) is 176 Å². The molecular weight excluding hydrogens is 793 g/mol. The van der Waals surface area contributed by atoms with Gasteiger partial charge in [-0.3, -0.25) is 4.57 Å². The second-order valence-corrected chi connectivity index (χ2v) is 17.1. The molecule has 310 valence electrons. The first kappa shape index (κ1) is 38.5. The summed E-state index contributed by atoms with van der Waals surface area (Å²) >= 11 is 0. The molecule has 0 aliphatic heterocycles. The van der Waals surface area contributed by atoms with Gasteiger partial charge in [-0.1, -0.05) is 198 Å². The number of hydrogen-bond acceptors (Lipinski definition) is 4. The zero-order valence-corrected chi connectivity index (χ0v) is 36.7. The van der Waals surface area contributed by atoms with Crippen molar-refractivity contribution < 1.29 is 4.42 Å². The van der Waals surface area contributed by atoms with E-state index in [0.29, 0.717) is 17.6 Å². The van der Waals surface area contributed by atoms with Gasteiger partial charge in [0.15, 0.2) is 11.6 Å². The van der Waals surface area contributed by atoms with Gasteiger partial charge < -0.3 is 4.42 Å². The Bertz CT molecular complexity index is 3840. The molecule has 0 fully saturated rings. The predicted molar refractivity (Wildman–Crippen MR) is 270 cm³/mol. The topological polar surface area (TPSA) is 56.7 Å². The van der Waals surface area contributed by atoms with Gasteiger partial charge >= 0.3 is 0 Å². The third-order valence-electron chi connectivity index (χ3n) is 13.3. The summed E-state index contributed by atoms with van der Waals surface area (Å²) in [5.74, 6) is 1.71. The van der Waals surface area contributed by atoms with Crippen LogP contribution < -0.4 is 0 Å². The molecule has 0 atom stereocenters. The van der Waals surface area contributed by atoms with E-state index < -0.39 is 0 Å². The summed E-state index contributed by atoms with van der Waals surface area (Å²) < 4.78 is 8.59. The van der Waals surface area contributed by atoms with Gasteiger partial charge in [0, 0.05) is 43.7 Å². The molecule has 0 bridgehead atoms. The van der Waals surface area contributed by atoms with Crippen LogP contribution in [0.1, 0.15) is 38.8 Å². The lowest BCUT2D eigenvalue weighted by molar-refractivity contribution is 0.660. The second-order valence-electron chi connectivity index (χ2n) is 17.1. The number of furan rings is 1. The summed E-state index contributed by atoms with van der Waals surface area (Å²) in [6.07, 6.45) is 0. The third-order valence-corrected chi connectivity index (χ3v) is 13.3. The highest BCUT2D eigenvalue weighted by atomic mass is 16.3. The molecule has 9 aromatic carbocycles. The Kier molecular flexibility index (Phi) is 8.89. The van der Waals surface area contributed by atoms with E-state index in [4.69, 9.17) is 19.4 Å². The maximum atomic E-state index is 6.35. The van der Waals surface area contributed by atoms with Crippen molar-refractivity contribution in [2.75, 3.05) is 0 Å². The standard InChI is InChI=1S/C58H38N4O.C2H6/c1-58(2)48-28-9-6-20-47(48)53-44(25-15-29-49(53)58)39-23-12-22-38-37(39)21-13-24-40(38)45-26-14-27-46-41-18-7-10-30-50(41)62(54(45)46)57-60-55(35-16-4-3-5-17-35)59-56(61-57)36-32-33-43-42-19-8-11-31-51(42)63-52(43)34-36;1-2/h3-34H,1-2H3;1-2H3. The first-order valence-corrected chi connectivity index (χ1v) is 22.5. The summed E-state index contributed by atoms with van der Waals surface area (Å²) in [6, 6.07) is 69.0. The van der Waals surface area contributed by atoms with Crippen molar-refractivity contribution in [3.8, 4) is 62.1 Å². The van der Waals surface area contributed by atoms with E-state index in [1.165, 1.54) is 44.2 Å². The van der Waals surface area contributed by atoms with Crippen molar-refractivity contribution in [3.05, 3.63) is 205 Å². The molecule has 13 rings (SSSR count). The van der Waals surface area contributed by atoms with Gasteiger partial charge in [-0.15, -0.1) is 0 Å². The quantitative estimate of drug-likeness (QED) is 0.173. The normalized spacial score (nSPS) is 12.7. The lowest BCUT2D eigenvalue weighted by atomic mass is 9.81. The molecule has 0 saturated heterocycles. The van der Waals surface area contributed by atoms with Crippen LogP contribution in [0.25, 0.3) is 117 Å². The van der Waals surface area contributed by atoms with Crippen LogP contribution in [0.2, 0.25) is 0 Å². The van der Waals surface area contributed by atoms with Gasteiger partial charge in [0.2, 0.25) is 5.95 Å². The highest BCUT2D eigenvalue weighted by Gasteiger charge is 2.36. The van der Waals surface area contributed by atoms with Crippen LogP contribution in [0.3, 0.4) is 0 Å². The Labute approximate surface area is 377 Å². The van der Waals surface area contributed by atoms with Gasteiger partial charge in [-0.25, -0.2) is 4.98 Å².